The monoisotopic (exact) mass is 607 g/mol. The molecule has 1 aliphatic heterocycles. The average molecular weight is 608 g/mol. The van der Waals surface area contributed by atoms with Gasteiger partial charge in [0.25, 0.3) is 5.91 Å². The highest BCUT2D eigenvalue weighted by atomic mass is 32.1. The predicted octanol–water partition coefficient (Wildman–Crippen LogP) is 3.04. The third-order valence-corrected chi connectivity index (χ3v) is 9.48. The predicted molar refractivity (Wildman–Crippen MR) is 154 cm³/mol. The highest BCUT2D eigenvalue weighted by molar-refractivity contribution is 7.14. The summed E-state index contributed by atoms with van der Waals surface area (Å²) in [6.07, 6.45) is 6.36. The number of carbonyl (C=O) groups excluding carboxylic acids is 2. The number of pyridine rings is 1. The maximum Gasteiger partial charge on any atom is 0.278 e. The number of rotatable bonds is 7. The molecule has 12 nitrogen and oxygen atoms in total. The van der Waals surface area contributed by atoms with Crippen molar-refractivity contribution >= 4 is 23.2 Å². The summed E-state index contributed by atoms with van der Waals surface area (Å²) in [4.78, 5) is 41.0. The summed E-state index contributed by atoms with van der Waals surface area (Å²) >= 11 is 1.20. The van der Waals surface area contributed by atoms with Crippen LogP contribution >= 0.6 is 11.3 Å². The Morgan fingerprint density at radius 1 is 1.16 bits per heavy atom. The van der Waals surface area contributed by atoms with Crippen molar-refractivity contribution in [2.24, 2.45) is 5.92 Å². The van der Waals surface area contributed by atoms with Crippen LogP contribution in [0.4, 0.5) is 4.39 Å². The number of benzene rings is 1. The van der Waals surface area contributed by atoms with E-state index in [4.69, 9.17) is 4.52 Å². The topological polar surface area (TPSA) is 147 Å². The summed E-state index contributed by atoms with van der Waals surface area (Å²) in [6.45, 7) is 0.301. The van der Waals surface area contributed by atoms with E-state index in [0.717, 1.165) is 5.56 Å². The van der Waals surface area contributed by atoms with E-state index in [1.807, 2.05) is 12.1 Å². The van der Waals surface area contributed by atoms with Gasteiger partial charge < -0.3 is 19.8 Å². The third-order valence-electron chi connectivity index (χ3n) is 8.53. The summed E-state index contributed by atoms with van der Waals surface area (Å²) < 4.78 is 19.6. The van der Waals surface area contributed by atoms with Crippen LogP contribution in [-0.4, -0.2) is 61.6 Å². The number of halogens is 1. The SMILES string of the molecule is CN1C(=O)c2c(O)c(=O)c(-c3nnc(Cc4ccc(F)cc4)s3)cn2N(C)C12CCC(CC(=O)NCc1ccon1)CC2. The molecule has 0 bridgehead atoms. The molecule has 2 aliphatic rings. The van der Waals surface area contributed by atoms with Gasteiger partial charge in [0.1, 0.15) is 28.4 Å². The molecule has 1 aliphatic carbocycles. The number of aromatic hydroxyl groups is 1. The molecule has 1 saturated carbocycles. The lowest BCUT2D eigenvalue weighted by molar-refractivity contribution is -0.122. The standard InChI is InChI=1S/C29H30FN7O5S/c1-35-28(41)24-26(40)25(39)21(27-33-32-23(43-27)14-17-3-5-19(30)6-4-17)16-37(24)36(2)29(35)10-7-18(8-11-29)13-22(38)31-15-20-9-12-42-34-20/h3-6,9,12,16,18,40H,7-8,10-11,13-15H2,1-2H3,(H,31,38). The Kier molecular flexibility index (Phi) is 7.46. The third kappa shape index (κ3) is 5.26. The van der Waals surface area contributed by atoms with Gasteiger partial charge in [-0.25, -0.2) is 4.39 Å². The van der Waals surface area contributed by atoms with E-state index in [1.54, 1.807) is 34.8 Å². The number of nitrogens with one attached hydrogen (secondary N) is 1. The minimum absolute atomic E-state index is 0.0708. The minimum atomic E-state index is -0.717. The fraction of sp³-hybridized carbons (Fsp3) is 0.379. The number of carbonyl (C=O) groups is 2. The number of aromatic nitrogens is 4. The largest absolute Gasteiger partial charge is 0.502 e. The van der Waals surface area contributed by atoms with Crippen molar-refractivity contribution in [1.82, 2.24) is 30.2 Å². The Balaban J connectivity index is 1.21. The van der Waals surface area contributed by atoms with Gasteiger partial charge in [-0.05, 0) is 49.3 Å². The van der Waals surface area contributed by atoms with E-state index >= 15 is 0 Å². The summed E-state index contributed by atoms with van der Waals surface area (Å²) in [5.74, 6) is -1.38. The van der Waals surface area contributed by atoms with Crippen molar-refractivity contribution in [3.63, 3.8) is 0 Å². The van der Waals surface area contributed by atoms with Crippen molar-refractivity contribution in [1.29, 1.82) is 0 Å². The van der Waals surface area contributed by atoms with Crippen molar-refractivity contribution < 1.29 is 23.6 Å². The van der Waals surface area contributed by atoms with Crippen molar-refractivity contribution in [3.05, 3.63) is 80.8 Å². The van der Waals surface area contributed by atoms with Crippen molar-refractivity contribution in [2.75, 3.05) is 19.1 Å². The van der Waals surface area contributed by atoms with Crippen molar-refractivity contribution in [2.45, 2.75) is 50.7 Å². The highest BCUT2D eigenvalue weighted by Crippen LogP contribution is 2.42. The van der Waals surface area contributed by atoms with Gasteiger partial charge in [-0.1, -0.05) is 28.6 Å². The zero-order valence-electron chi connectivity index (χ0n) is 23.6. The molecule has 14 heteroatoms. The molecular weight excluding hydrogens is 577 g/mol. The molecule has 4 aromatic rings. The molecule has 2 N–H and O–H groups in total. The molecule has 4 heterocycles. The fourth-order valence-electron chi connectivity index (χ4n) is 6.01. The molecule has 224 valence electrons. The Bertz CT molecular complexity index is 1710. The first kappa shape index (κ1) is 28.5. The van der Waals surface area contributed by atoms with Crippen LogP contribution in [0.1, 0.15) is 58.9 Å². The second-order valence-electron chi connectivity index (χ2n) is 11.0. The van der Waals surface area contributed by atoms with Crippen LogP contribution in [0.15, 0.2) is 52.1 Å². The lowest BCUT2D eigenvalue weighted by Gasteiger charge is -2.55. The van der Waals surface area contributed by atoms with Gasteiger partial charge in [-0.3, -0.25) is 24.1 Å². The lowest BCUT2D eigenvalue weighted by Crippen LogP contribution is -2.69. The lowest BCUT2D eigenvalue weighted by atomic mass is 9.78. The number of hydrogen-bond acceptors (Lipinski definition) is 10. The van der Waals surface area contributed by atoms with E-state index in [1.165, 1.54) is 35.9 Å². The van der Waals surface area contributed by atoms with E-state index in [-0.39, 0.29) is 28.9 Å². The van der Waals surface area contributed by atoms with E-state index in [9.17, 15) is 23.9 Å². The molecule has 0 saturated heterocycles. The smallest absolute Gasteiger partial charge is 0.278 e. The second kappa shape index (κ2) is 11.2. The van der Waals surface area contributed by atoms with Gasteiger partial charge in [0, 0.05) is 39.2 Å². The first-order valence-electron chi connectivity index (χ1n) is 13.9. The summed E-state index contributed by atoms with van der Waals surface area (Å²) in [5, 5.41) is 28.8. The highest BCUT2D eigenvalue weighted by Gasteiger charge is 2.50. The summed E-state index contributed by atoms with van der Waals surface area (Å²) in [5.41, 5.74) is 0.0771. The second-order valence-corrected chi connectivity index (χ2v) is 12.1. The molecule has 1 fully saturated rings. The Labute approximate surface area is 249 Å². The Morgan fingerprint density at radius 2 is 1.91 bits per heavy atom. The number of hydrogen-bond donors (Lipinski definition) is 2. The Hall–Kier alpha value is -4.59. The summed E-state index contributed by atoms with van der Waals surface area (Å²) in [7, 11) is 3.50. The Morgan fingerprint density at radius 3 is 2.60 bits per heavy atom. The number of fused-ring (bicyclic) bond motifs is 1. The maximum atomic E-state index is 13.6. The molecule has 0 unspecified atom stereocenters. The van der Waals surface area contributed by atoms with Gasteiger partial charge >= 0.3 is 0 Å². The summed E-state index contributed by atoms with van der Waals surface area (Å²) in [6, 6.07) is 7.75. The quantitative estimate of drug-likeness (QED) is 0.324. The van der Waals surface area contributed by atoms with Crippen LogP contribution in [0.3, 0.4) is 0 Å². The fourth-order valence-corrected chi connectivity index (χ4v) is 6.89. The molecule has 0 radical (unpaired) electrons. The zero-order chi connectivity index (χ0) is 30.3. The van der Waals surface area contributed by atoms with E-state index in [0.29, 0.717) is 60.8 Å². The molecule has 3 aromatic heterocycles. The van der Waals surface area contributed by atoms with Crippen LogP contribution in [0.2, 0.25) is 0 Å². The van der Waals surface area contributed by atoms with Crippen molar-refractivity contribution in [3.8, 4) is 16.3 Å². The molecule has 0 atom stereocenters. The van der Waals surface area contributed by atoms with E-state index in [2.05, 4.69) is 20.7 Å². The van der Waals surface area contributed by atoms with Gasteiger partial charge in [-0.2, -0.15) is 0 Å². The molecule has 2 amide bonds. The van der Waals surface area contributed by atoms with Crippen LogP contribution in [0, 0.1) is 11.7 Å². The van der Waals surface area contributed by atoms with Gasteiger partial charge in [0.2, 0.25) is 11.3 Å². The van der Waals surface area contributed by atoms with Crippen LogP contribution < -0.4 is 15.8 Å². The zero-order valence-corrected chi connectivity index (χ0v) is 24.4. The van der Waals surface area contributed by atoms with Gasteiger partial charge in [-0.15, -0.1) is 10.2 Å². The number of amides is 2. The van der Waals surface area contributed by atoms with Gasteiger partial charge in [0.05, 0.1) is 12.1 Å². The van der Waals surface area contributed by atoms with Gasteiger partial charge in [0.15, 0.2) is 16.5 Å². The average Bonchev–Trinajstić information content (AvgIpc) is 3.70. The van der Waals surface area contributed by atoms with Crippen LogP contribution in [0.5, 0.6) is 5.75 Å². The van der Waals surface area contributed by atoms with Crippen LogP contribution in [0.25, 0.3) is 10.6 Å². The molecular formula is C29H30FN7O5S. The molecule has 1 spiro atoms. The minimum Gasteiger partial charge on any atom is -0.502 e. The van der Waals surface area contributed by atoms with Crippen LogP contribution in [-0.2, 0) is 17.8 Å². The molecule has 6 rings (SSSR count). The van der Waals surface area contributed by atoms with E-state index < -0.39 is 22.7 Å². The maximum absolute atomic E-state index is 13.6. The first-order chi connectivity index (χ1) is 20.7. The normalized spacial score (nSPS) is 20.0. The number of nitrogens with zero attached hydrogens (tertiary/aromatic N) is 6. The molecule has 43 heavy (non-hydrogen) atoms. The first-order valence-corrected chi connectivity index (χ1v) is 14.7. The molecule has 1 aromatic carbocycles.